The van der Waals surface area contributed by atoms with Crippen LogP contribution in [0.1, 0.15) is 11.1 Å². The summed E-state index contributed by atoms with van der Waals surface area (Å²) in [5.74, 6) is -0.435. The van der Waals surface area contributed by atoms with Crippen molar-refractivity contribution in [2.24, 2.45) is 0 Å². The van der Waals surface area contributed by atoms with Gasteiger partial charge in [-0.2, -0.15) is 0 Å². The largest absolute Gasteiger partial charge is 0.350 e. The van der Waals surface area contributed by atoms with E-state index in [0.29, 0.717) is 11.4 Å². The van der Waals surface area contributed by atoms with Crippen LogP contribution >= 0.6 is 11.8 Å². The van der Waals surface area contributed by atoms with Crippen molar-refractivity contribution in [2.45, 2.75) is 13.1 Å². The van der Waals surface area contributed by atoms with Crippen molar-refractivity contribution in [1.82, 2.24) is 14.8 Å². The molecule has 2 heterocycles. The van der Waals surface area contributed by atoms with Crippen LogP contribution in [0, 0.1) is 0 Å². The highest BCUT2D eigenvalue weighted by Crippen LogP contribution is 2.34. The molecular weight excluding hydrogens is 410 g/mol. The van der Waals surface area contributed by atoms with Gasteiger partial charge in [0.1, 0.15) is 6.54 Å². The maximum atomic E-state index is 12.5. The van der Waals surface area contributed by atoms with Crippen molar-refractivity contribution in [3.05, 3.63) is 89.5 Å². The molecule has 1 saturated heterocycles. The number of rotatable bonds is 7. The van der Waals surface area contributed by atoms with Gasteiger partial charge in [-0.15, -0.1) is 6.58 Å². The van der Waals surface area contributed by atoms with Crippen LogP contribution < -0.4 is 5.32 Å². The van der Waals surface area contributed by atoms with Gasteiger partial charge in [-0.1, -0.05) is 54.6 Å². The summed E-state index contributed by atoms with van der Waals surface area (Å²) in [6.07, 6.45) is 5.09. The van der Waals surface area contributed by atoms with Crippen LogP contribution in [0.2, 0.25) is 0 Å². The second-order valence-electron chi connectivity index (χ2n) is 7.07. The topological polar surface area (TPSA) is 71.4 Å². The number of fused-ring (bicyclic) bond motifs is 1. The molecule has 0 saturated carbocycles. The number of imide groups is 1. The van der Waals surface area contributed by atoms with E-state index in [-0.39, 0.29) is 30.1 Å². The number of amides is 3. The molecule has 0 unspecified atom stereocenters. The number of hydrogen-bond acceptors (Lipinski definition) is 4. The number of hydrogen-bond donors (Lipinski definition) is 1. The molecule has 31 heavy (non-hydrogen) atoms. The van der Waals surface area contributed by atoms with Crippen molar-refractivity contribution in [3.63, 3.8) is 0 Å². The van der Waals surface area contributed by atoms with E-state index >= 15 is 0 Å². The van der Waals surface area contributed by atoms with Crippen molar-refractivity contribution in [1.29, 1.82) is 0 Å². The Morgan fingerprint density at radius 3 is 2.58 bits per heavy atom. The number of benzene rings is 2. The van der Waals surface area contributed by atoms with Gasteiger partial charge in [-0.25, -0.2) is 0 Å². The lowest BCUT2D eigenvalue weighted by atomic mass is 10.1. The SMILES string of the molecule is C=CCN1C(=O)S/C(=C\c2cn(CC(=O)NCc3ccccc3)c3ccccc23)C1=O. The normalized spacial score (nSPS) is 15.1. The summed E-state index contributed by atoms with van der Waals surface area (Å²) >= 11 is 0.916. The molecule has 1 aromatic heterocycles. The molecule has 0 bridgehead atoms. The first-order chi connectivity index (χ1) is 15.1. The molecule has 1 aliphatic heterocycles. The zero-order valence-electron chi connectivity index (χ0n) is 16.8. The first kappa shape index (κ1) is 20.7. The summed E-state index contributed by atoms with van der Waals surface area (Å²) in [6.45, 7) is 4.39. The van der Waals surface area contributed by atoms with E-state index in [2.05, 4.69) is 11.9 Å². The lowest BCUT2D eigenvalue weighted by Crippen LogP contribution is -2.27. The highest BCUT2D eigenvalue weighted by Gasteiger charge is 2.34. The third-order valence-electron chi connectivity index (χ3n) is 4.94. The molecular formula is C24H21N3O3S. The van der Waals surface area contributed by atoms with Crippen LogP contribution in [0.3, 0.4) is 0 Å². The van der Waals surface area contributed by atoms with Crippen molar-refractivity contribution < 1.29 is 14.4 Å². The predicted molar refractivity (Wildman–Crippen MR) is 123 cm³/mol. The van der Waals surface area contributed by atoms with E-state index in [0.717, 1.165) is 33.8 Å². The van der Waals surface area contributed by atoms with Crippen molar-refractivity contribution in [3.8, 4) is 0 Å². The van der Waals surface area contributed by atoms with Crippen molar-refractivity contribution >= 4 is 45.8 Å². The number of para-hydroxylation sites is 1. The lowest BCUT2D eigenvalue weighted by molar-refractivity contribution is -0.122. The molecule has 6 nitrogen and oxygen atoms in total. The maximum Gasteiger partial charge on any atom is 0.293 e. The van der Waals surface area contributed by atoms with E-state index in [9.17, 15) is 14.4 Å². The average molecular weight is 432 g/mol. The van der Waals surface area contributed by atoms with Crippen LogP contribution in [-0.2, 0) is 22.7 Å². The summed E-state index contributed by atoms with van der Waals surface area (Å²) in [5.41, 5.74) is 2.70. The van der Waals surface area contributed by atoms with E-state index < -0.39 is 0 Å². The number of thioether (sulfide) groups is 1. The van der Waals surface area contributed by atoms with Crippen molar-refractivity contribution in [2.75, 3.05) is 6.54 Å². The summed E-state index contributed by atoms with van der Waals surface area (Å²) < 4.78 is 1.86. The Morgan fingerprint density at radius 1 is 1.06 bits per heavy atom. The molecule has 3 aromatic rings. The maximum absolute atomic E-state index is 12.5. The molecule has 4 rings (SSSR count). The van der Waals surface area contributed by atoms with Gasteiger partial charge in [0.2, 0.25) is 5.91 Å². The van der Waals surface area contributed by atoms with Gasteiger partial charge in [0, 0.05) is 35.8 Å². The number of aromatic nitrogens is 1. The Hall–Kier alpha value is -3.58. The van der Waals surface area contributed by atoms with E-state index in [1.807, 2.05) is 65.4 Å². The van der Waals surface area contributed by atoms with Crippen LogP contribution in [0.5, 0.6) is 0 Å². The Bertz CT molecular complexity index is 1200. The second kappa shape index (κ2) is 9.06. The number of carbonyl (C=O) groups is 3. The highest BCUT2D eigenvalue weighted by molar-refractivity contribution is 8.18. The Morgan fingerprint density at radius 2 is 1.81 bits per heavy atom. The Labute approximate surface area is 184 Å². The standard InChI is InChI=1S/C24H21N3O3S/c1-2-12-27-23(29)21(31-24(27)30)13-18-15-26(20-11-7-6-10-19(18)20)16-22(28)25-14-17-8-4-3-5-9-17/h2-11,13,15H,1,12,14,16H2,(H,25,28)/b21-13-. The van der Waals surface area contributed by atoms with E-state index in [1.54, 1.807) is 6.08 Å². The molecule has 3 amide bonds. The van der Waals surface area contributed by atoms with Gasteiger partial charge in [0.15, 0.2) is 0 Å². The van der Waals surface area contributed by atoms with Gasteiger partial charge in [-0.05, 0) is 29.5 Å². The smallest absolute Gasteiger partial charge is 0.293 e. The molecule has 1 N–H and O–H groups in total. The number of nitrogens with zero attached hydrogens (tertiary/aromatic N) is 2. The summed E-state index contributed by atoms with van der Waals surface area (Å²) in [4.78, 5) is 38.7. The molecule has 7 heteroatoms. The molecule has 2 aromatic carbocycles. The summed E-state index contributed by atoms with van der Waals surface area (Å²) in [6, 6.07) is 17.4. The van der Waals surface area contributed by atoms with Gasteiger partial charge in [0.05, 0.1) is 4.91 Å². The minimum absolute atomic E-state index is 0.109. The van der Waals surface area contributed by atoms with Crippen LogP contribution in [0.15, 0.2) is 78.4 Å². The molecule has 0 spiro atoms. The zero-order valence-corrected chi connectivity index (χ0v) is 17.6. The number of carbonyl (C=O) groups excluding carboxylic acids is 3. The lowest BCUT2D eigenvalue weighted by Gasteiger charge is -2.07. The summed E-state index contributed by atoms with van der Waals surface area (Å²) in [5, 5.41) is 3.54. The molecule has 1 aliphatic rings. The third-order valence-corrected chi connectivity index (χ3v) is 5.85. The third kappa shape index (κ3) is 4.46. The first-order valence-electron chi connectivity index (χ1n) is 9.81. The minimum Gasteiger partial charge on any atom is -0.350 e. The minimum atomic E-state index is -0.327. The quantitative estimate of drug-likeness (QED) is 0.450. The van der Waals surface area contributed by atoms with Gasteiger partial charge >= 0.3 is 0 Å². The van der Waals surface area contributed by atoms with Crippen LogP contribution in [-0.4, -0.2) is 33.1 Å². The molecule has 1 fully saturated rings. The van der Waals surface area contributed by atoms with Gasteiger partial charge in [0.25, 0.3) is 11.1 Å². The predicted octanol–water partition coefficient (Wildman–Crippen LogP) is 4.18. The summed E-state index contributed by atoms with van der Waals surface area (Å²) in [7, 11) is 0. The molecule has 0 radical (unpaired) electrons. The molecule has 0 aliphatic carbocycles. The Balaban J connectivity index is 1.56. The van der Waals surface area contributed by atoms with E-state index in [1.165, 1.54) is 11.0 Å². The molecule has 156 valence electrons. The zero-order chi connectivity index (χ0) is 21.8. The fourth-order valence-corrected chi connectivity index (χ4v) is 4.30. The number of nitrogens with one attached hydrogen (secondary N) is 1. The van der Waals surface area contributed by atoms with E-state index in [4.69, 9.17) is 0 Å². The van der Waals surface area contributed by atoms with Crippen LogP contribution in [0.25, 0.3) is 17.0 Å². The monoisotopic (exact) mass is 431 g/mol. The van der Waals surface area contributed by atoms with Gasteiger partial charge in [-0.3, -0.25) is 19.3 Å². The average Bonchev–Trinajstić information content (AvgIpc) is 3.25. The highest BCUT2D eigenvalue weighted by atomic mass is 32.2. The fourth-order valence-electron chi connectivity index (χ4n) is 3.46. The van der Waals surface area contributed by atoms with Gasteiger partial charge < -0.3 is 9.88 Å². The fraction of sp³-hybridized carbons (Fsp3) is 0.125. The van der Waals surface area contributed by atoms with Crippen LogP contribution in [0.4, 0.5) is 4.79 Å². The second-order valence-corrected chi connectivity index (χ2v) is 8.07. The Kier molecular flexibility index (Phi) is 6.04. The molecule has 0 atom stereocenters. The first-order valence-corrected chi connectivity index (χ1v) is 10.6.